The van der Waals surface area contributed by atoms with Gasteiger partial charge in [-0.3, -0.25) is 9.59 Å². The summed E-state index contributed by atoms with van der Waals surface area (Å²) in [5.74, 6) is -0.308. The number of carbonyl (C=O) groups is 2. The molecule has 9 nitrogen and oxygen atoms in total. The first-order valence-electron chi connectivity index (χ1n) is 9.54. The van der Waals surface area contributed by atoms with Crippen molar-refractivity contribution in [3.8, 4) is 0 Å². The number of hydrogen-bond donors (Lipinski definition) is 2. The first-order valence-corrected chi connectivity index (χ1v) is 9.54. The smallest absolute Gasteiger partial charge is 0.264 e. The number of carbonyl (C=O) groups excluding carboxylic acids is 2. The van der Waals surface area contributed by atoms with Gasteiger partial charge in [0, 0.05) is 41.4 Å². The molecular weight excluding hydrogens is 386 g/mol. The molecule has 1 fully saturated rings. The summed E-state index contributed by atoms with van der Waals surface area (Å²) >= 11 is 0. The predicted octanol–water partition coefficient (Wildman–Crippen LogP) is 1.23. The fourth-order valence-corrected chi connectivity index (χ4v) is 4.13. The third-order valence-electron chi connectivity index (χ3n) is 5.66. The number of piperazine rings is 1. The van der Waals surface area contributed by atoms with Crippen molar-refractivity contribution in [3.05, 3.63) is 82.0 Å². The van der Waals surface area contributed by atoms with Crippen molar-refractivity contribution < 1.29 is 14.5 Å². The van der Waals surface area contributed by atoms with Gasteiger partial charge in [0.2, 0.25) is 11.6 Å². The van der Waals surface area contributed by atoms with Crippen LogP contribution in [-0.2, 0) is 22.6 Å². The number of hydrazine groups is 1. The number of para-hydroxylation sites is 1. The number of fused-ring (bicyclic) bond motifs is 4. The summed E-state index contributed by atoms with van der Waals surface area (Å²) in [5, 5.41) is 23.9. The van der Waals surface area contributed by atoms with Crippen LogP contribution in [-0.4, -0.2) is 49.9 Å². The van der Waals surface area contributed by atoms with E-state index in [9.17, 15) is 20.0 Å². The average Bonchev–Trinajstić information content (AvgIpc) is 3.12. The fraction of sp³-hybridized carbons (Fsp3) is 0.190. The highest BCUT2D eigenvalue weighted by atomic mass is 16.8. The summed E-state index contributed by atoms with van der Waals surface area (Å²) in [4.78, 5) is 30.3. The number of H-pyrrole nitrogens is 1. The molecule has 0 radical (unpaired) electrons. The summed E-state index contributed by atoms with van der Waals surface area (Å²) in [6.07, 6.45) is 7.94. The summed E-state index contributed by atoms with van der Waals surface area (Å²) < 4.78 is 0. The molecule has 9 heteroatoms. The van der Waals surface area contributed by atoms with Crippen molar-refractivity contribution in [2.45, 2.75) is 19.0 Å². The largest absolute Gasteiger partial charge is 0.612 e. The Balaban J connectivity index is 1.37. The molecule has 2 N–H and O–H groups in total. The van der Waals surface area contributed by atoms with Crippen molar-refractivity contribution in [1.82, 2.24) is 20.3 Å². The van der Waals surface area contributed by atoms with E-state index in [-0.39, 0.29) is 24.1 Å². The van der Waals surface area contributed by atoms with E-state index in [2.05, 4.69) is 10.4 Å². The number of aromatic amines is 1. The summed E-state index contributed by atoms with van der Waals surface area (Å²) in [6, 6.07) is 7.37. The molecule has 1 aromatic carbocycles. The van der Waals surface area contributed by atoms with Crippen molar-refractivity contribution in [2.75, 3.05) is 6.54 Å². The molecular formula is C21H18N5O4-. The second-order valence-corrected chi connectivity index (χ2v) is 7.42. The maximum atomic E-state index is 13.1. The predicted molar refractivity (Wildman–Crippen MR) is 110 cm³/mol. The number of nitrogens with zero attached hydrogens (tertiary/aromatic N) is 3. The highest BCUT2D eigenvalue weighted by Crippen LogP contribution is 2.32. The van der Waals surface area contributed by atoms with Crippen LogP contribution in [0.4, 0.5) is 0 Å². The summed E-state index contributed by atoms with van der Waals surface area (Å²) in [5.41, 5.74) is 6.60. The van der Waals surface area contributed by atoms with Gasteiger partial charge in [-0.2, -0.15) is 4.90 Å². The Morgan fingerprint density at radius 1 is 1.10 bits per heavy atom. The number of hydrogen-bond acceptors (Lipinski definition) is 5. The van der Waals surface area contributed by atoms with Crippen LogP contribution in [0.2, 0.25) is 0 Å². The number of allylic oxidation sites excluding steroid dienone is 5. The normalized spacial score (nSPS) is 20.5. The topological polar surface area (TPSA) is 118 Å². The van der Waals surface area contributed by atoms with E-state index < -0.39 is 10.9 Å². The minimum Gasteiger partial charge on any atom is -0.612 e. The van der Waals surface area contributed by atoms with Crippen LogP contribution in [0.25, 0.3) is 10.9 Å². The number of benzene rings is 1. The van der Waals surface area contributed by atoms with Crippen LogP contribution in [0.1, 0.15) is 11.3 Å². The van der Waals surface area contributed by atoms with E-state index in [1.807, 2.05) is 24.3 Å². The zero-order chi connectivity index (χ0) is 20.8. The lowest BCUT2D eigenvalue weighted by Crippen LogP contribution is -2.63. The first kappa shape index (κ1) is 18.0. The van der Waals surface area contributed by atoms with Gasteiger partial charge in [0.25, 0.3) is 5.91 Å². The fourth-order valence-electron chi connectivity index (χ4n) is 4.13. The lowest BCUT2D eigenvalue weighted by Gasteiger charge is -2.42. The van der Waals surface area contributed by atoms with Gasteiger partial charge in [-0.05, 0) is 29.4 Å². The van der Waals surface area contributed by atoms with E-state index in [0.717, 1.165) is 22.2 Å². The van der Waals surface area contributed by atoms with Gasteiger partial charge in [0.15, 0.2) is 0 Å². The molecule has 5 rings (SSSR count). The minimum absolute atomic E-state index is 0.0104. The van der Waals surface area contributed by atoms with Gasteiger partial charge in [-0.25, -0.2) is 5.01 Å². The zero-order valence-electron chi connectivity index (χ0n) is 15.9. The van der Waals surface area contributed by atoms with Crippen molar-refractivity contribution in [1.29, 1.82) is 0 Å². The number of amides is 2. The molecule has 1 aromatic heterocycles. The van der Waals surface area contributed by atoms with Gasteiger partial charge in [0.05, 0.1) is 6.54 Å². The molecule has 152 valence electrons. The van der Waals surface area contributed by atoms with Gasteiger partial charge >= 0.3 is 0 Å². The van der Waals surface area contributed by atoms with Crippen LogP contribution in [0.3, 0.4) is 0 Å². The average molecular weight is 404 g/mol. The standard InChI is InChI=1S/C21H18N5O4/c27-20-12-25(22-10-13-5-7-14(8-6-13)26(29)30)21(28)19-9-16-15-3-1-2-4-17(15)23-18(16)11-24(19)20/h1-8,10,19,22-23H,9,11-12H2/q-1/t19-/m1/s1. The summed E-state index contributed by atoms with van der Waals surface area (Å²) in [6.45, 7) is 0.313. The Labute approximate surface area is 171 Å². The number of aromatic nitrogens is 1. The third-order valence-corrected chi connectivity index (χ3v) is 5.66. The second-order valence-electron chi connectivity index (χ2n) is 7.42. The molecule has 0 saturated carbocycles. The molecule has 0 bridgehead atoms. The molecule has 30 heavy (non-hydrogen) atoms. The van der Waals surface area contributed by atoms with Gasteiger partial charge in [-0.15, -0.1) is 0 Å². The van der Waals surface area contributed by atoms with E-state index in [0.29, 0.717) is 18.5 Å². The van der Waals surface area contributed by atoms with Gasteiger partial charge in [0.1, 0.15) is 12.6 Å². The van der Waals surface area contributed by atoms with Gasteiger partial charge in [-0.1, -0.05) is 18.2 Å². The highest BCUT2D eigenvalue weighted by Gasteiger charge is 2.43. The molecule has 2 aliphatic heterocycles. The number of nitrogens with one attached hydrogen (secondary N) is 2. The Bertz CT molecular complexity index is 1170. The molecule has 0 spiro atoms. The van der Waals surface area contributed by atoms with Crippen LogP contribution in [0, 0.1) is 10.4 Å². The molecule has 2 aromatic rings. The van der Waals surface area contributed by atoms with E-state index in [1.54, 1.807) is 23.3 Å². The van der Waals surface area contributed by atoms with Crippen LogP contribution in [0.15, 0.2) is 60.3 Å². The van der Waals surface area contributed by atoms with Crippen LogP contribution < -0.4 is 5.43 Å². The van der Waals surface area contributed by atoms with E-state index >= 15 is 0 Å². The van der Waals surface area contributed by atoms with Crippen LogP contribution in [0.5, 0.6) is 0 Å². The van der Waals surface area contributed by atoms with Gasteiger partial charge < -0.3 is 25.7 Å². The molecule has 3 aliphatic rings. The first-order chi connectivity index (χ1) is 14.5. The maximum absolute atomic E-state index is 13.1. The van der Waals surface area contributed by atoms with Crippen LogP contribution >= 0.6 is 0 Å². The molecule has 2 amide bonds. The second kappa shape index (κ2) is 6.80. The molecule has 0 unspecified atom stereocenters. The van der Waals surface area contributed by atoms with Crippen molar-refractivity contribution in [3.63, 3.8) is 0 Å². The SMILES string of the molecule is O=C1[C@H]2Cc3c([nH]c4ccccc34)CN2C(=O)CN1NC=C1C=CC(=[N+]([O-])[O-])C=C1. The Hall–Kier alpha value is -4.01. The number of rotatable bonds is 2. The maximum Gasteiger partial charge on any atom is 0.264 e. The lowest BCUT2D eigenvalue weighted by molar-refractivity contribution is -0.377. The van der Waals surface area contributed by atoms with Crippen molar-refractivity contribution in [2.24, 2.45) is 0 Å². The Morgan fingerprint density at radius 3 is 2.63 bits per heavy atom. The highest BCUT2D eigenvalue weighted by molar-refractivity contribution is 6.02. The molecule has 1 atom stereocenters. The summed E-state index contributed by atoms with van der Waals surface area (Å²) in [7, 11) is 0. The quantitative estimate of drug-likeness (QED) is 0.577. The van der Waals surface area contributed by atoms with E-state index in [4.69, 9.17) is 0 Å². The third kappa shape index (κ3) is 2.91. The Kier molecular flexibility index (Phi) is 4.09. The monoisotopic (exact) mass is 404 g/mol. The van der Waals surface area contributed by atoms with Crippen molar-refractivity contribution >= 4 is 28.4 Å². The molecule has 3 heterocycles. The molecule has 1 aliphatic carbocycles. The zero-order valence-corrected chi connectivity index (χ0v) is 15.9. The molecule has 1 saturated heterocycles. The minimum atomic E-state index is -0.560. The Morgan fingerprint density at radius 2 is 1.87 bits per heavy atom. The lowest BCUT2D eigenvalue weighted by atomic mass is 9.94. The van der Waals surface area contributed by atoms with E-state index in [1.165, 1.54) is 17.2 Å².